The number of aliphatic hydroxyl groups excluding tert-OH is 1. The van der Waals surface area contributed by atoms with E-state index in [4.69, 9.17) is 16.6 Å². The van der Waals surface area contributed by atoms with Crippen LogP contribution in [0, 0.1) is 5.82 Å². The fourth-order valence-electron chi connectivity index (χ4n) is 6.11. The lowest BCUT2D eigenvalue weighted by molar-refractivity contribution is -0.143. The predicted octanol–water partition coefficient (Wildman–Crippen LogP) is 5.62. The van der Waals surface area contributed by atoms with Crippen LogP contribution >= 0.6 is 11.6 Å². The fourth-order valence-corrected chi connectivity index (χ4v) is 6.41. The molecule has 8 nitrogen and oxygen atoms in total. The SMILES string of the molecule is C=CC(O)N1CCN(c2nc(NC3CCN(CC(F)(F)F)C3)nc3c(F)c(-c4cc(O)cc5ccccc45)c(Cl)cc23)CC1. The smallest absolute Gasteiger partial charge is 0.401 e. The molecule has 2 unspecified atom stereocenters. The van der Waals surface area contributed by atoms with Crippen LogP contribution in [0.15, 0.2) is 55.1 Å². The number of alkyl halides is 3. The molecule has 6 rings (SSSR count). The van der Waals surface area contributed by atoms with Crippen molar-refractivity contribution in [2.75, 3.05) is 56.0 Å². The second-order valence-electron chi connectivity index (χ2n) is 11.2. The first-order chi connectivity index (χ1) is 21.0. The molecule has 3 aromatic carbocycles. The zero-order valence-electron chi connectivity index (χ0n) is 23.7. The lowest BCUT2D eigenvalue weighted by atomic mass is 9.96. The van der Waals surface area contributed by atoms with E-state index < -0.39 is 24.8 Å². The molecule has 3 N–H and O–H groups in total. The number of aliphatic hydroxyl groups is 1. The molecule has 0 spiro atoms. The fraction of sp³-hybridized carbons (Fsp3) is 0.355. The number of hydrogen-bond donors (Lipinski definition) is 3. The molecule has 2 saturated heterocycles. The number of likely N-dealkylation sites (tertiary alicyclic amines) is 1. The van der Waals surface area contributed by atoms with Crippen LogP contribution in [0.5, 0.6) is 5.75 Å². The van der Waals surface area contributed by atoms with Gasteiger partial charge in [0.25, 0.3) is 0 Å². The molecule has 44 heavy (non-hydrogen) atoms. The Morgan fingerprint density at radius 2 is 1.82 bits per heavy atom. The Bertz CT molecular complexity index is 1710. The summed E-state index contributed by atoms with van der Waals surface area (Å²) in [5.74, 6) is -0.249. The third kappa shape index (κ3) is 6.12. The first-order valence-corrected chi connectivity index (χ1v) is 14.7. The van der Waals surface area contributed by atoms with Gasteiger partial charge in [-0.05, 0) is 47.0 Å². The lowest BCUT2D eigenvalue weighted by Gasteiger charge is -2.37. The topological polar surface area (TPSA) is 88.0 Å². The van der Waals surface area contributed by atoms with Gasteiger partial charge < -0.3 is 20.4 Å². The molecule has 2 aliphatic heterocycles. The summed E-state index contributed by atoms with van der Waals surface area (Å²) in [7, 11) is 0. The summed E-state index contributed by atoms with van der Waals surface area (Å²) in [5.41, 5.74) is 0.450. The van der Waals surface area contributed by atoms with Crippen LogP contribution in [0.1, 0.15) is 6.42 Å². The number of phenolic OH excluding ortho intramolecular Hbond substituents is 1. The predicted molar refractivity (Wildman–Crippen MR) is 164 cm³/mol. The van der Waals surface area contributed by atoms with Gasteiger partial charge in [-0.1, -0.05) is 42.4 Å². The molecular formula is C31H31ClF4N6O2. The molecule has 0 amide bonds. The molecule has 4 aromatic rings. The summed E-state index contributed by atoms with van der Waals surface area (Å²) in [6.45, 7) is 4.91. The number of fused-ring (bicyclic) bond motifs is 2. The Morgan fingerprint density at radius 1 is 1.07 bits per heavy atom. The number of halogens is 5. The Kier molecular flexibility index (Phi) is 8.27. The second-order valence-corrected chi connectivity index (χ2v) is 11.6. The van der Waals surface area contributed by atoms with Crippen LogP contribution in [-0.2, 0) is 0 Å². The number of rotatable bonds is 7. The largest absolute Gasteiger partial charge is 0.508 e. The van der Waals surface area contributed by atoms with E-state index >= 15 is 4.39 Å². The minimum atomic E-state index is -4.31. The van der Waals surface area contributed by atoms with Crippen molar-refractivity contribution in [1.29, 1.82) is 0 Å². The molecular weight excluding hydrogens is 600 g/mol. The molecule has 1 aromatic heterocycles. The number of piperazine rings is 1. The minimum Gasteiger partial charge on any atom is -0.508 e. The first kappa shape index (κ1) is 30.3. The van der Waals surface area contributed by atoms with Gasteiger partial charge in [0, 0.05) is 56.3 Å². The van der Waals surface area contributed by atoms with Gasteiger partial charge >= 0.3 is 6.18 Å². The van der Waals surface area contributed by atoms with Gasteiger partial charge in [0.1, 0.15) is 23.3 Å². The number of anilines is 2. The van der Waals surface area contributed by atoms with Crippen molar-refractivity contribution in [3.8, 4) is 16.9 Å². The van der Waals surface area contributed by atoms with Crippen molar-refractivity contribution < 1.29 is 27.8 Å². The zero-order chi connectivity index (χ0) is 31.2. The second kappa shape index (κ2) is 12.0. The zero-order valence-corrected chi connectivity index (χ0v) is 24.4. The average Bonchev–Trinajstić information content (AvgIpc) is 3.41. The molecule has 0 radical (unpaired) electrons. The molecule has 3 heterocycles. The van der Waals surface area contributed by atoms with Gasteiger partial charge in [-0.15, -0.1) is 0 Å². The van der Waals surface area contributed by atoms with E-state index in [9.17, 15) is 23.4 Å². The van der Waals surface area contributed by atoms with Crippen molar-refractivity contribution in [3.63, 3.8) is 0 Å². The van der Waals surface area contributed by atoms with Gasteiger partial charge in [0.05, 0.1) is 11.6 Å². The number of nitrogens with zero attached hydrogens (tertiary/aromatic N) is 5. The number of aromatic nitrogens is 2. The molecule has 2 atom stereocenters. The van der Waals surface area contributed by atoms with E-state index in [-0.39, 0.29) is 46.9 Å². The number of aromatic hydroxyl groups is 1. The van der Waals surface area contributed by atoms with Crippen LogP contribution in [-0.4, -0.2) is 94.2 Å². The van der Waals surface area contributed by atoms with Crippen LogP contribution in [0.4, 0.5) is 29.3 Å². The van der Waals surface area contributed by atoms with Gasteiger partial charge in [0.15, 0.2) is 5.82 Å². The van der Waals surface area contributed by atoms with E-state index in [0.29, 0.717) is 60.1 Å². The summed E-state index contributed by atoms with van der Waals surface area (Å²) in [6.07, 6.45) is -3.22. The highest BCUT2D eigenvalue weighted by Crippen LogP contribution is 2.42. The molecule has 0 aliphatic carbocycles. The van der Waals surface area contributed by atoms with Crippen molar-refractivity contribution >= 4 is 45.0 Å². The Balaban J connectivity index is 1.44. The maximum absolute atomic E-state index is 16.7. The van der Waals surface area contributed by atoms with E-state index in [2.05, 4.69) is 16.9 Å². The van der Waals surface area contributed by atoms with E-state index in [1.165, 1.54) is 17.0 Å². The normalized spacial score (nSPS) is 19.1. The average molecular weight is 631 g/mol. The van der Waals surface area contributed by atoms with Crippen LogP contribution in [0.2, 0.25) is 5.02 Å². The van der Waals surface area contributed by atoms with Crippen LogP contribution < -0.4 is 10.2 Å². The van der Waals surface area contributed by atoms with E-state index in [1.54, 1.807) is 18.2 Å². The first-order valence-electron chi connectivity index (χ1n) is 14.3. The Hall–Kier alpha value is -3.71. The van der Waals surface area contributed by atoms with Crippen molar-refractivity contribution in [2.45, 2.75) is 24.9 Å². The van der Waals surface area contributed by atoms with Gasteiger partial charge in [-0.3, -0.25) is 9.80 Å². The summed E-state index contributed by atoms with van der Waals surface area (Å²) < 4.78 is 55.7. The molecule has 2 aliphatic rings. The Labute approximate surface area is 256 Å². The van der Waals surface area contributed by atoms with E-state index in [0.717, 1.165) is 0 Å². The number of nitrogens with one attached hydrogen (secondary N) is 1. The highest BCUT2D eigenvalue weighted by Gasteiger charge is 2.35. The summed E-state index contributed by atoms with van der Waals surface area (Å²) in [5, 5.41) is 25.7. The van der Waals surface area contributed by atoms with Crippen LogP contribution in [0.3, 0.4) is 0 Å². The quantitative estimate of drug-likeness (QED) is 0.179. The number of phenols is 1. The molecule has 0 bridgehead atoms. The summed E-state index contributed by atoms with van der Waals surface area (Å²) >= 11 is 6.78. The van der Waals surface area contributed by atoms with Crippen molar-refractivity contribution in [3.05, 3.63) is 66.0 Å². The minimum absolute atomic E-state index is 0.0111. The van der Waals surface area contributed by atoms with Gasteiger partial charge in [0.2, 0.25) is 5.95 Å². The maximum Gasteiger partial charge on any atom is 0.401 e. The molecule has 0 saturated carbocycles. The summed E-state index contributed by atoms with van der Waals surface area (Å²) in [6, 6.07) is 11.5. The maximum atomic E-state index is 16.7. The third-order valence-corrected chi connectivity index (χ3v) is 8.48. The number of benzene rings is 3. The monoisotopic (exact) mass is 630 g/mol. The van der Waals surface area contributed by atoms with Crippen LogP contribution in [0.25, 0.3) is 32.8 Å². The van der Waals surface area contributed by atoms with Crippen molar-refractivity contribution in [1.82, 2.24) is 19.8 Å². The third-order valence-electron chi connectivity index (χ3n) is 8.19. The standard InChI is InChI=1S/C31H31ClF4N6O2/c1-2-25(44)41-9-11-42(12-10-41)29-23-15-24(32)26(22-14-20(43)13-18-5-3-4-6-21(18)22)27(33)28(23)38-30(39-29)37-19-7-8-40(16-19)17-31(34,35)36/h2-6,13-15,19,25,43-44H,1,7-12,16-17H2,(H,37,38,39). The highest BCUT2D eigenvalue weighted by molar-refractivity contribution is 6.35. The lowest BCUT2D eigenvalue weighted by Crippen LogP contribution is -2.50. The molecule has 232 valence electrons. The van der Waals surface area contributed by atoms with Crippen molar-refractivity contribution in [2.24, 2.45) is 0 Å². The number of hydrogen-bond acceptors (Lipinski definition) is 8. The molecule has 13 heteroatoms. The van der Waals surface area contributed by atoms with E-state index in [1.807, 2.05) is 28.0 Å². The van der Waals surface area contributed by atoms with Gasteiger partial charge in [-0.25, -0.2) is 9.37 Å². The molecule has 2 fully saturated rings. The Morgan fingerprint density at radius 3 is 2.55 bits per heavy atom. The van der Waals surface area contributed by atoms with Gasteiger partial charge in [-0.2, -0.15) is 18.2 Å². The highest BCUT2D eigenvalue weighted by atomic mass is 35.5. The summed E-state index contributed by atoms with van der Waals surface area (Å²) in [4.78, 5) is 14.4.